The molecule has 2 N–H and O–H groups in total. The zero-order valence-electron chi connectivity index (χ0n) is 14.4. The number of imidazole rings is 1. The maximum atomic E-state index is 12.0. The molecule has 1 heterocycles. The van der Waals surface area contributed by atoms with Crippen LogP contribution >= 0.6 is 0 Å². The first-order valence-electron chi connectivity index (χ1n) is 7.86. The number of rotatable bonds is 4. The molecule has 1 unspecified atom stereocenters. The van der Waals surface area contributed by atoms with Crippen molar-refractivity contribution in [3.63, 3.8) is 0 Å². The molecule has 1 amide bonds. The van der Waals surface area contributed by atoms with Gasteiger partial charge in [0, 0.05) is 0 Å². The highest BCUT2D eigenvalue weighted by molar-refractivity contribution is 5.68. The van der Waals surface area contributed by atoms with E-state index in [-0.39, 0.29) is 12.0 Å². The third kappa shape index (κ3) is 4.84. The number of hydrogen-bond acceptors (Lipinski definition) is 3. The zero-order valence-corrected chi connectivity index (χ0v) is 14.4. The molecule has 5 heteroatoms. The first-order chi connectivity index (χ1) is 10.8. The number of carbonyl (C=O) groups excluding carboxylic acids is 1. The highest BCUT2D eigenvalue weighted by Gasteiger charge is 2.24. The van der Waals surface area contributed by atoms with Crippen molar-refractivity contribution in [2.45, 2.75) is 46.3 Å². The van der Waals surface area contributed by atoms with Crippen LogP contribution in [0.15, 0.2) is 36.5 Å². The molecule has 0 spiro atoms. The number of carbonyl (C=O) groups is 1. The Bertz CT molecular complexity index is 642. The number of aromatic nitrogens is 2. The first-order valence-corrected chi connectivity index (χ1v) is 7.86. The lowest BCUT2D eigenvalue weighted by Gasteiger charge is -2.24. The van der Waals surface area contributed by atoms with Gasteiger partial charge in [0.25, 0.3) is 0 Å². The average molecular weight is 315 g/mol. The van der Waals surface area contributed by atoms with Gasteiger partial charge in [0.2, 0.25) is 0 Å². The van der Waals surface area contributed by atoms with Crippen LogP contribution in [0.4, 0.5) is 4.79 Å². The molecule has 5 nitrogen and oxygen atoms in total. The number of alkyl carbamates (subject to hydrolysis) is 1. The number of amides is 1. The molecule has 1 aromatic carbocycles. The second-order valence-electron chi connectivity index (χ2n) is 6.92. The second-order valence-corrected chi connectivity index (χ2v) is 6.92. The van der Waals surface area contributed by atoms with E-state index in [1.54, 1.807) is 6.20 Å². The van der Waals surface area contributed by atoms with Gasteiger partial charge >= 0.3 is 6.09 Å². The minimum absolute atomic E-state index is 0.178. The van der Waals surface area contributed by atoms with Crippen molar-refractivity contribution in [2.24, 2.45) is 5.92 Å². The van der Waals surface area contributed by atoms with E-state index in [0.717, 1.165) is 17.1 Å². The van der Waals surface area contributed by atoms with Crippen LogP contribution in [0.2, 0.25) is 0 Å². The molecule has 124 valence electrons. The summed E-state index contributed by atoms with van der Waals surface area (Å²) in [5.74, 6) is 0.905. The predicted molar refractivity (Wildman–Crippen MR) is 91.0 cm³/mol. The van der Waals surface area contributed by atoms with Crippen molar-refractivity contribution >= 4 is 6.09 Å². The van der Waals surface area contributed by atoms with Gasteiger partial charge in [-0.25, -0.2) is 9.78 Å². The molecule has 0 aliphatic carbocycles. The van der Waals surface area contributed by atoms with Crippen LogP contribution in [0.5, 0.6) is 0 Å². The van der Waals surface area contributed by atoms with Crippen molar-refractivity contribution < 1.29 is 9.53 Å². The van der Waals surface area contributed by atoms with E-state index in [4.69, 9.17) is 4.74 Å². The molecular formula is C18H25N3O2. The summed E-state index contributed by atoms with van der Waals surface area (Å²) < 4.78 is 5.34. The molecule has 1 atom stereocenters. The summed E-state index contributed by atoms with van der Waals surface area (Å²) in [4.78, 5) is 19.8. The van der Waals surface area contributed by atoms with Gasteiger partial charge in [-0.2, -0.15) is 0 Å². The van der Waals surface area contributed by atoms with Crippen molar-refractivity contribution in [3.8, 4) is 11.3 Å². The first kappa shape index (κ1) is 17.1. The summed E-state index contributed by atoms with van der Waals surface area (Å²) >= 11 is 0. The lowest BCUT2D eigenvalue weighted by atomic mass is 10.0. The highest BCUT2D eigenvalue weighted by Crippen LogP contribution is 2.23. The largest absolute Gasteiger partial charge is 0.444 e. The predicted octanol–water partition coefficient (Wildman–Crippen LogP) is 4.30. The number of nitrogens with one attached hydrogen (secondary N) is 2. The van der Waals surface area contributed by atoms with Crippen molar-refractivity contribution in [2.75, 3.05) is 0 Å². The highest BCUT2D eigenvalue weighted by atomic mass is 16.6. The van der Waals surface area contributed by atoms with Crippen molar-refractivity contribution in [3.05, 3.63) is 42.4 Å². The van der Waals surface area contributed by atoms with Gasteiger partial charge in [-0.05, 0) is 32.3 Å². The fraction of sp³-hybridized carbons (Fsp3) is 0.444. The van der Waals surface area contributed by atoms with E-state index in [0.29, 0.717) is 0 Å². The Morgan fingerprint density at radius 2 is 1.87 bits per heavy atom. The lowest BCUT2D eigenvalue weighted by Crippen LogP contribution is -2.37. The number of benzene rings is 1. The third-order valence-corrected chi connectivity index (χ3v) is 3.31. The number of ether oxygens (including phenoxy) is 1. The van der Waals surface area contributed by atoms with Crippen LogP contribution in [0.3, 0.4) is 0 Å². The van der Waals surface area contributed by atoms with Gasteiger partial charge in [0.15, 0.2) is 0 Å². The van der Waals surface area contributed by atoms with Gasteiger partial charge in [0.05, 0.1) is 17.9 Å². The Hall–Kier alpha value is -2.30. The molecule has 0 bridgehead atoms. The van der Waals surface area contributed by atoms with E-state index in [2.05, 4.69) is 15.3 Å². The molecule has 0 aliphatic rings. The minimum atomic E-state index is -0.524. The summed E-state index contributed by atoms with van der Waals surface area (Å²) in [6.45, 7) is 9.60. The Balaban J connectivity index is 2.16. The van der Waals surface area contributed by atoms with Crippen molar-refractivity contribution in [1.82, 2.24) is 15.3 Å². The summed E-state index contributed by atoms with van der Waals surface area (Å²) in [6.07, 6.45) is 1.35. The summed E-state index contributed by atoms with van der Waals surface area (Å²) in [7, 11) is 0. The van der Waals surface area contributed by atoms with E-state index in [1.807, 2.05) is 65.0 Å². The summed E-state index contributed by atoms with van der Waals surface area (Å²) in [5.41, 5.74) is 1.47. The monoisotopic (exact) mass is 315 g/mol. The Kier molecular flexibility index (Phi) is 5.08. The third-order valence-electron chi connectivity index (χ3n) is 3.31. The molecule has 0 radical (unpaired) electrons. The summed E-state index contributed by atoms with van der Waals surface area (Å²) in [6, 6.07) is 9.74. The lowest BCUT2D eigenvalue weighted by molar-refractivity contribution is 0.0486. The van der Waals surface area contributed by atoms with Crippen LogP contribution < -0.4 is 5.32 Å². The van der Waals surface area contributed by atoms with Crippen LogP contribution in [0.1, 0.15) is 46.5 Å². The molecule has 2 rings (SSSR count). The van der Waals surface area contributed by atoms with Gasteiger partial charge in [-0.1, -0.05) is 44.2 Å². The topological polar surface area (TPSA) is 67.0 Å². The Labute approximate surface area is 137 Å². The number of aromatic amines is 1. The van der Waals surface area contributed by atoms with Crippen LogP contribution in [0, 0.1) is 5.92 Å². The molecular weight excluding hydrogens is 290 g/mol. The van der Waals surface area contributed by atoms with Crippen LogP contribution in [-0.4, -0.2) is 21.7 Å². The van der Waals surface area contributed by atoms with Crippen LogP contribution in [0.25, 0.3) is 11.3 Å². The molecule has 0 fully saturated rings. The Morgan fingerprint density at radius 1 is 1.22 bits per heavy atom. The van der Waals surface area contributed by atoms with Gasteiger partial charge in [-0.3, -0.25) is 0 Å². The van der Waals surface area contributed by atoms with E-state index in [9.17, 15) is 4.79 Å². The maximum absolute atomic E-state index is 12.0. The number of nitrogens with zero attached hydrogens (tertiary/aromatic N) is 1. The van der Waals surface area contributed by atoms with Gasteiger partial charge in [-0.15, -0.1) is 0 Å². The Morgan fingerprint density at radius 3 is 2.43 bits per heavy atom. The molecule has 0 saturated heterocycles. The molecule has 0 saturated carbocycles. The van der Waals surface area contributed by atoms with E-state index < -0.39 is 11.7 Å². The standard InChI is InChI=1S/C18H25N3O2/c1-12(2)15(21-17(22)23-18(3,4)5)16-19-11-14(20-16)13-9-7-6-8-10-13/h6-12,15H,1-5H3,(H,19,20)(H,21,22). The maximum Gasteiger partial charge on any atom is 0.408 e. The second kappa shape index (κ2) is 6.86. The molecule has 2 aromatic rings. The number of hydrogen-bond donors (Lipinski definition) is 2. The normalized spacial score (nSPS) is 13.0. The fourth-order valence-electron chi connectivity index (χ4n) is 2.24. The van der Waals surface area contributed by atoms with Crippen molar-refractivity contribution in [1.29, 1.82) is 0 Å². The smallest absolute Gasteiger partial charge is 0.408 e. The SMILES string of the molecule is CC(C)C(NC(=O)OC(C)(C)C)c1ncc(-c2ccccc2)[nH]1. The average Bonchev–Trinajstić information content (AvgIpc) is 2.93. The number of H-pyrrole nitrogens is 1. The molecule has 23 heavy (non-hydrogen) atoms. The van der Waals surface area contributed by atoms with Crippen LogP contribution in [-0.2, 0) is 4.74 Å². The summed E-state index contributed by atoms with van der Waals surface area (Å²) in [5, 5.41) is 2.90. The molecule has 1 aromatic heterocycles. The zero-order chi connectivity index (χ0) is 17.0. The van der Waals surface area contributed by atoms with Gasteiger partial charge < -0.3 is 15.0 Å². The van der Waals surface area contributed by atoms with E-state index >= 15 is 0 Å². The molecule has 0 aliphatic heterocycles. The minimum Gasteiger partial charge on any atom is -0.444 e. The fourth-order valence-corrected chi connectivity index (χ4v) is 2.24. The quantitative estimate of drug-likeness (QED) is 0.884. The van der Waals surface area contributed by atoms with E-state index in [1.165, 1.54) is 0 Å². The van der Waals surface area contributed by atoms with Gasteiger partial charge in [0.1, 0.15) is 11.4 Å².